The lowest BCUT2D eigenvalue weighted by Crippen LogP contribution is -2.44. The highest BCUT2D eigenvalue weighted by Crippen LogP contribution is 2.30. The fraction of sp³-hybridized carbons (Fsp3) is 0.588. The molecule has 0 saturated heterocycles. The zero-order valence-electron chi connectivity index (χ0n) is 12.5. The lowest BCUT2D eigenvalue weighted by Gasteiger charge is -2.34. The number of hydrogen-bond acceptors (Lipinski definition) is 3. The predicted octanol–water partition coefficient (Wildman–Crippen LogP) is 3.14. The first-order valence-electron chi connectivity index (χ1n) is 7.64. The first-order chi connectivity index (χ1) is 9.70. The van der Waals surface area contributed by atoms with Crippen LogP contribution in [-0.4, -0.2) is 18.6 Å². The minimum atomic E-state index is -0.0371. The third-order valence-electron chi connectivity index (χ3n) is 4.11. The highest BCUT2D eigenvalue weighted by molar-refractivity contribution is 5.73. The van der Waals surface area contributed by atoms with Crippen molar-refractivity contribution in [3.8, 4) is 0 Å². The van der Waals surface area contributed by atoms with E-state index >= 15 is 0 Å². The maximum absolute atomic E-state index is 12.1. The van der Waals surface area contributed by atoms with Crippen LogP contribution in [0.5, 0.6) is 0 Å². The molecule has 1 aliphatic rings. The van der Waals surface area contributed by atoms with Gasteiger partial charge in [-0.1, -0.05) is 37.3 Å². The number of rotatable bonds is 5. The number of esters is 1. The van der Waals surface area contributed by atoms with Gasteiger partial charge in [0.05, 0.1) is 12.5 Å². The molecule has 1 aliphatic carbocycles. The average molecular weight is 275 g/mol. The number of carbonyl (C=O) groups excluding carboxylic acids is 1. The van der Waals surface area contributed by atoms with Crippen molar-refractivity contribution in [2.75, 3.05) is 6.61 Å². The number of benzene rings is 1. The molecule has 3 heteroatoms. The van der Waals surface area contributed by atoms with Crippen molar-refractivity contribution < 1.29 is 9.53 Å². The molecule has 0 bridgehead atoms. The molecule has 0 radical (unpaired) electrons. The zero-order chi connectivity index (χ0) is 14.4. The van der Waals surface area contributed by atoms with Gasteiger partial charge in [0.15, 0.2) is 0 Å². The van der Waals surface area contributed by atoms with E-state index in [9.17, 15) is 4.79 Å². The smallest absolute Gasteiger partial charge is 0.310 e. The van der Waals surface area contributed by atoms with Crippen LogP contribution >= 0.6 is 0 Å². The molecule has 1 aromatic rings. The monoisotopic (exact) mass is 275 g/mol. The number of hydrogen-bond donors (Lipinski definition) is 1. The molecule has 0 heterocycles. The second kappa shape index (κ2) is 7.44. The number of nitrogens with one attached hydrogen (secondary N) is 1. The second-order valence-electron chi connectivity index (χ2n) is 5.75. The Morgan fingerprint density at radius 3 is 2.75 bits per heavy atom. The second-order valence-corrected chi connectivity index (χ2v) is 5.75. The molecule has 1 fully saturated rings. The average Bonchev–Trinajstić information content (AvgIpc) is 2.46. The summed E-state index contributed by atoms with van der Waals surface area (Å²) in [6.07, 6.45) is 3.11. The summed E-state index contributed by atoms with van der Waals surface area (Å²) in [6, 6.07) is 10.6. The van der Waals surface area contributed by atoms with Crippen molar-refractivity contribution >= 4 is 5.97 Å². The maximum atomic E-state index is 12.1. The summed E-state index contributed by atoms with van der Waals surface area (Å²) in [4.78, 5) is 12.1. The molecule has 3 nitrogen and oxygen atoms in total. The Bertz CT molecular complexity index is 418. The fourth-order valence-corrected chi connectivity index (χ4v) is 2.98. The van der Waals surface area contributed by atoms with Gasteiger partial charge in [0.1, 0.15) is 0 Å². The Balaban J connectivity index is 1.95. The standard InChI is InChI=1S/C17H25NO2/c1-3-20-17(19)15-10-9-13(2)11-16(15)18-12-14-7-5-4-6-8-14/h4-8,13,15-16,18H,3,9-12H2,1-2H3. The third kappa shape index (κ3) is 4.07. The Hall–Kier alpha value is -1.35. The van der Waals surface area contributed by atoms with Gasteiger partial charge < -0.3 is 10.1 Å². The lowest BCUT2D eigenvalue weighted by atomic mass is 9.79. The Morgan fingerprint density at radius 1 is 1.30 bits per heavy atom. The van der Waals surface area contributed by atoms with Gasteiger partial charge in [0.25, 0.3) is 0 Å². The van der Waals surface area contributed by atoms with Gasteiger partial charge in [0, 0.05) is 12.6 Å². The summed E-state index contributed by atoms with van der Waals surface area (Å²) in [6.45, 7) is 5.42. The minimum Gasteiger partial charge on any atom is -0.466 e. The van der Waals surface area contributed by atoms with Gasteiger partial charge in [-0.25, -0.2) is 0 Å². The Morgan fingerprint density at radius 2 is 2.05 bits per heavy atom. The highest BCUT2D eigenvalue weighted by atomic mass is 16.5. The highest BCUT2D eigenvalue weighted by Gasteiger charge is 2.34. The summed E-state index contributed by atoms with van der Waals surface area (Å²) >= 11 is 0. The van der Waals surface area contributed by atoms with Crippen LogP contribution in [0.1, 0.15) is 38.7 Å². The van der Waals surface area contributed by atoms with Crippen LogP contribution in [-0.2, 0) is 16.1 Å². The molecule has 3 unspecified atom stereocenters. The molecule has 2 rings (SSSR count). The van der Waals surface area contributed by atoms with E-state index in [-0.39, 0.29) is 17.9 Å². The molecule has 20 heavy (non-hydrogen) atoms. The number of ether oxygens (including phenoxy) is 1. The SMILES string of the molecule is CCOC(=O)C1CCC(C)CC1NCc1ccccc1. The van der Waals surface area contributed by atoms with Crippen molar-refractivity contribution in [2.24, 2.45) is 11.8 Å². The van der Waals surface area contributed by atoms with Crippen LogP contribution in [0.15, 0.2) is 30.3 Å². The quantitative estimate of drug-likeness (QED) is 0.839. The normalized spacial score (nSPS) is 26.2. The molecular weight excluding hydrogens is 250 g/mol. The van der Waals surface area contributed by atoms with Crippen LogP contribution in [0, 0.1) is 11.8 Å². The van der Waals surface area contributed by atoms with E-state index in [0.717, 1.165) is 25.8 Å². The van der Waals surface area contributed by atoms with Crippen molar-refractivity contribution in [1.29, 1.82) is 0 Å². The molecule has 110 valence electrons. The van der Waals surface area contributed by atoms with E-state index in [0.29, 0.717) is 12.5 Å². The van der Waals surface area contributed by atoms with Crippen LogP contribution in [0.3, 0.4) is 0 Å². The summed E-state index contributed by atoms with van der Waals surface area (Å²) < 4.78 is 5.22. The molecule has 0 spiro atoms. The van der Waals surface area contributed by atoms with E-state index in [4.69, 9.17) is 4.74 Å². The molecule has 0 aliphatic heterocycles. The molecule has 3 atom stereocenters. The van der Waals surface area contributed by atoms with E-state index in [1.165, 1.54) is 5.56 Å². The maximum Gasteiger partial charge on any atom is 0.310 e. The first kappa shape index (κ1) is 15.0. The van der Waals surface area contributed by atoms with Crippen LogP contribution in [0.2, 0.25) is 0 Å². The van der Waals surface area contributed by atoms with Gasteiger partial charge in [0.2, 0.25) is 0 Å². The Kier molecular flexibility index (Phi) is 5.60. The van der Waals surface area contributed by atoms with Crippen molar-refractivity contribution in [3.05, 3.63) is 35.9 Å². The molecule has 1 N–H and O–H groups in total. The van der Waals surface area contributed by atoms with Crippen molar-refractivity contribution in [2.45, 2.75) is 45.7 Å². The first-order valence-corrected chi connectivity index (χ1v) is 7.64. The molecule has 0 aromatic heterocycles. The van der Waals surface area contributed by atoms with Gasteiger partial charge in [-0.2, -0.15) is 0 Å². The van der Waals surface area contributed by atoms with Crippen molar-refractivity contribution in [3.63, 3.8) is 0 Å². The lowest BCUT2D eigenvalue weighted by molar-refractivity contribution is -0.150. The topological polar surface area (TPSA) is 38.3 Å². The summed E-state index contributed by atoms with van der Waals surface area (Å²) in [7, 11) is 0. The van der Waals surface area contributed by atoms with E-state index in [2.05, 4.69) is 24.4 Å². The van der Waals surface area contributed by atoms with Crippen LogP contribution < -0.4 is 5.32 Å². The van der Waals surface area contributed by atoms with E-state index < -0.39 is 0 Å². The van der Waals surface area contributed by atoms with Gasteiger partial charge in [-0.05, 0) is 37.7 Å². The predicted molar refractivity (Wildman–Crippen MR) is 80.2 cm³/mol. The van der Waals surface area contributed by atoms with Gasteiger partial charge in [-0.3, -0.25) is 4.79 Å². The minimum absolute atomic E-state index is 0.00913. The van der Waals surface area contributed by atoms with E-state index in [1.807, 2.05) is 25.1 Å². The summed E-state index contributed by atoms with van der Waals surface area (Å²) in [5.74, 6) is 0.647. The molecule has 0 amide bonds. The molecular formula is C17H25NO2. The third-order valence-corrected chi connectivity index (χ3v) is 4.11. The van der Waals surface area contributed by atoms with Crippen LogP contribution in [0.4, 0.5) is 0 Å². The Labute approximate surface area is 121 Å². The molecule has 1 saturated carbocycles. The summed E-state index contributed by atoms with van der Waals surface area (Å²) in [5, 5.41) is 3.56. The van der Waals surface area contributed by atoms with Gasteiger partial charge in [-0.15, -0.1) is 0 Å². The van der Waals surface area contributed by atoms with Crippen LogP contribution in [0.25, 0.3) is 0 Å². The number of carbonyl (C=O) groups is 1. The van der Waals surface area contributed by atoms with E-state index in [1.54, 1.807) is 0 Å². The summed E-state index contributed by atoms with van der Waals surface area (Å²) in [5.41, 5.74) is 1.26. The zero-order valence-corrected chi connectivity index (χ0v) is 12.5. The fourth-order valence-electron chi connectivity index (χ4n) is 2.98. The molecule has 1 aromatic carbocycles. The van der Waals surface area contributed by atoms with Crippen molar-refractivity contribution in [1.82, 2.24) is 5.32 Å². The van der Waals surface area contributed by atoms with Gasteiger partial charge >= 0.3 is 5.97 Å². The largest absolute Gasteiger partial charge is 0.466 e.